The maximum Gasteiger partial charge on any atom is 0.274 e. The Morgan fingerprint density at radius 3 is 2.78 bits per heavy atom. The van der Waals surface area contributed by atoms with E-state index in [1.807, 2.05) is 0 Å². The summed E-state index contributed by atoms with van der Waals surface area (Å²) in [6.07, 6.45) is 7.44. The Morgan fingerprint density at radius 1 is 1.26 bits per heavy atom. The zero-order valence-corrected chi connectivity index (χ0v) is 12.4. The van der Waals surface area contributed by atoms with Crippen LogP contribution in [0.5, 0.6) is 5.88 Å². The lowest BCUT2D eigenvalue weighted by molar-refractivity contribution is 0.0581. The van der Waals surface area contributed by atoms with Crippen LogP contribution in [0.3, 0.4) is 0 Å². The number of rotatable bonds is 3. The van der Waals surface area contributed by atoms with Crippen molar-refractivity contribution in [3.63, 3.8) is 0 Å². The van der Waals surface area contributed by atoms with Gasteiger partial charge in [0.15, 0.2) is 0 Å². The van der Waals surface area contributed by atoms with Gasteiger partial charge in [-0.3, -0.25) is 9.78 Å². The van der Waals surface area contributed by atoms with E-state index in [0.717, 1.165) is 0 Å². The van der Waals surface area contributed by atoms with Crippen LogP contribution in [0.15, 0.2) is 36.9 Å². The molecule has 1 aliphatic rings. The summed E-state index contributed by atoms with van der Waals surface area (Å²) in [7, 11) is 0. The van der Waals surface area contributed by atoms with Gasteiger partial charge in [-0.15, -0.1) is 0 Å². The lowest BCUT2D eigenvalue weighted by Gasteiger charge is -2.31. The second-order valence-electron chi connectivity index (χ2n) is 5.17. The molecule has 0 spiro atoms. The van der Waals surface area contributed by atoms with Gasteiger partial charge in [0.05, 0.1) is 6.20 Å². The monoisotopic (exact) mass is 309 g/mol. The Bertz CT molecular complexity index is 721. The molecule has 0 saturated carbocycles. The lowest BCUT2D eigenvalue weighted by atomic mass is 10.1. The molecule has 0 N–H and O–H groups in total. The number of ether oxygens (including phenoxy) is 1. The fraction of sp³-hybridized carbons (Fsp3) is 0.312. The molecule has 1 aliphatic heterocycles. The molecule has 0 aromatic carbocycles. The second kappa shape index (κ2) is 6.83. The smallest absolute Gasteiger partial charge is 0.274 e. The van der Waals surface area contributed by atoms with Crippen molar-refractivity contribution in [2.24, 2.45) is 0 Å². The van der Waals surface area contributed by atoms with Crippen molar-refractivity contribution < 1.29 is 9.53 Å². The van der Waals surface area contributed by atoms with E-state index in [-0.39, 0.29) is 12.0 Å². The van der Waals surface area contributed by atoms with Crippen LogP contribution in [0.2, 0.25) is 0 Å². The summed E-state index contributed by atoms with van der Waals surface area (Å²) in [6.45, 7) is 1.16. The molecule has 7 nitrogen and oxygen atoms in total. The Kier molecular flexibility index (Phi) is 4.43. The molecule has 1 fully saturated rings. The second-order valence-corrected chi connectivity index (χ2v) is 5.17. The van der Waals surface area contributed by atoms with Crippen molar-refractivity contribution in [2.75, 3.05) is 13.1 Å². The zero-order chi connectivity index (χ0) is 16.1. The summed E-state index contributed by atoms with van der Waals surface area (Å²) in [5.74, 6) is 0.237. The fourth-order valence-electron chi connectivity index (χ4n) is 2.48. The van der Waals surface area contributed by atoms with E-state index in [4.69, 9.17) is 10.00 Å². The molecule has 3 heterocycles. The predicted molar refractivity (Wildman–Crippen MR) is 80.5 cm³/mol. The fourth-order valence-corrected chi connectivity index (χ4v) is 2.48. The zero-order valence-electron chi connectivity index (χ0n) is 12.4. The Morgan fingerprint density at radius 2 is 2.09 bits per heavy atom. The quantitative estimate of drug-likeness (QED) is 0.851. The highest BCUT2D eigenvalue weighted by Gasteiger charge is 2.26. The Labute approximate surface area is 133 Å². The van der Waals surface area contributed by atoms with Crippen LogP contribution in [-0.2, 0) is 0 Å². The van der Waals surface area contributed by atoms with Crippen molar-refractivity contribution in [3.05, 3.63) is 48.2 Å². The molecule has 2 aromatic rings. The maximum absolute atomic E-state index is 12.3. The number of carbonyl (C=O) groups excluding carboxylic acids is 1. The van der Waals surface area contributed by atoms with E-state index in [1.165, 1.54) is 18.6 Å². The molecule has 2 aromatic heterocycles. The molecule has 0 radical (unpaired) electrons. The average Bonchev–Trinajstić information content (AvgIpc) is 2.63. The number of piperidine rings is 1. The van der Waals surface area contributed by atoms with Gasteiger partial charge in [0.2, 0.25) is 5.88 Å². The molecule has 0 unspecified atom stereocenters. The molecular formula is C16H15N5O2. The third-order valence-electron chi connectivity index (χ3n) is 3.68. The van der Waals surface area contributed by atoms with E-state index in [2.05, 4.69) is 21.0 Å². The largest absolute Gasteiger partial charge is 0.473 e. The number of nitriles is 1. The van der Waals surface area contributed by atoms with Crippen molar-refractivity contribution in [1.29, 1.82) is 5.26 Å². The highest BCUT2D eigenvalue weighted by Crippen LogP contribution is 2.20. The topological polar surface area (TPSA) is 92.0 Å². The van der Waals surface area contributed by atoms with E-state index in [0.29, 0.717) is 43.1 Å². The van der Waals surface area contributed by atoms with Crippen molar-refractivity contribution in [1.82, 2.24) is 19.9 Å². The van der Waals surface area contributed by atoms with Crippen LogP contribution in [0.25, 0.3) is 0 Å². The minimum Gasteiger partial charge on any atom is -0.473 e. The summed E-state index contributed by atoms with van der Waals surface area (Å²) in [6, 6.07) is 5.44. The first-order chi connectivity index (χ1) is 11.3. The van der Waals surface area contributed by atoms with Gasteiger partial charge in [0, 0.05) is 44.5 Å². The van der Waals surface area contributed by atoms with Crippen molar-refractivity contribution in [3.8, 4) is 11.9 Å². The van der Waals surface area contributed by atoms with E-state index < -0.39 is 0 Å². The lowest BCUT2D eigenvalue weighted by Crippen LogP contribution is -2.42. The summed E-state index contributed by atoms with van der Waals surface area (Å²) >= 11 is 0. The van der Waals surface area contributed by atoms with Crippen molar-refractivity contribution >= 4 is 5.91 Å². The first-order valence-electron chi connectivity index (χ1n) is 7.35. The molecule has 1 amide bonds. The summed E-state index contributed by atoms with van der Waals surface area (Å²) in [5.41, 5.74) is 0.772. The first-order valence-corrected chi connectivity index (χ1v) is 7.35. The number of aromatic nitrogens is 3. The number of amides is 1. The van der Waals surface area contributed by atoms with Crippen LogP contribution in [0, 0.1) is 11.3 Å². The number of hydrogen-bond acceptors (Lipinski definition) is 6. The standard InChI is InChI=1S/C16H15N5O2/c17-10-12-2-1-5-20-15(12)23-13-3-8-21(9-4-13)16(22)14-11-18-6-7-19-14/h1-2,5-7,11,13H,3-4,8-9H2. The summed E-state index contributed by atoms with van der Waals surface area (Å²) in [4.78, 5) is 26.1. The van der Waals surface area contributed by atoms with Gasteiger partial charge in [-0.2, -0.15) is 5.26 Å². The SMILES string of the molecule is N#Cc1cccnc1OC1CCN(C(=O)c2cnccn2)CC1. The van der Waals surface area contributed by atoms with Crippen LogP contribution < -0.4 is 4.74 Å². The molecule has 0 bridgehead atoms. The van der Waals surface area contributed by atoms with Gasteiger partial charge in [-0.05, 0) is 12.1 Å². The molecule has 116 valence electrons. The average molecular weight is 309 g/mol. The van der Waals surface area contributed by atoms with Gasteiger partial charge in [0.1, 0.15) is 23.4 Å². The van der Waals surface area contributed by atoms with Crippen LogP contribution in [0.4, 0.5) is 0 Å². The minimum atomic E-state index is -0.118. The van der Waals surface area contributed by atoms with E-state index in [1.54, 1.807) is 23.2 Å². The summed E-state index contributed by atoms with van der Waals surface area (Å²) in [5, 5.41) is 9.05. The van der Waals surface area contributed by atoms with Gasteiger partial charge < -0.3 is 9.64 Å². The maximum atomic E-state index is 12.3. The normalized spacial score (nSPS) is 15.0. The molecule has 0 aliphatic carbocycles. The van der Waals surface area contributed by atoms with Gasteiger partial charge >= 0.3 is 0 Å². The van der Waals surface area contributed by atoms with Gasteiger partial charge in [-0.25, -0.2) is 9.97 Å². The highest BCUT2D eigenvalue weighted by molar-refractivity contribution is 5.92. The third-order valence-corrected chi connectivity index (χ3v) is 3.68. The summed E-state index contributed by atoms with van der Waals surface area (Å²) < 4.78 is 5.81. The molecule has 1 saturated heterocycles. The highest BCUT2D eigenvalue weighted by atomic mass is 16.5. The number of carbonyl (C=O) groups is 1. The minimum absolute atomic E-state index is 0.0529. The molecular weight excluding hydrogens is 294 g/mol. The van der Waals surface area contributed by atoms with E-state index in [9.17, 15) is 4.79 Å². The Hall–Kier alpha value is -3.01. The van der Waals surface area contributed by atoms with E-state index >= 15 is 0 Å². The number of likely N-dealkylation sites (tertiary alicyclic amines) is 1. The molecule has 7 heteroatoms. The molecule has 0 atom stereocenters. The van der Waals surface area contributed by atoms with Crippen LogP contribution >= 0.6 is 0 Å². The first kappa shape index (κ1) is 14.9. The molecule has 3 rings (SSSR count). The van der Waals surface area contributed by atoms with Crippen LogP contribution in [-0.4, -0.2) is 45.0 Å². The molecule has 23 heavy (non-hydrogen) atoms. The van der Waals surface area contributed by atoms with Gasteiger partial charge in [-0.1, -0.05) is 0 Å². The number of hydrogen-bond donors (Lipinski definition) is 0. The number of pyridine rings is 1. The van der Waals surface area contributed by atoms with Gasteiger partial charge in [0.25, 0.3) is 5.91 Å². The van der Waals surface area contributed by atoms with Crippen LogP contribution in [0.1, 0.15) is 28.9 Å². The number of nitrogens with zero attached hydrogens (tertiary/aromatic N) is 5. The predicted octanol–water partition coefficient (Wildman–Crippen LogP) is 1.43. The Balaban J connectivity index is 1.59. The third kappa shape index (κ3) is 3.43. The van der Waals surface area contributed by atoms with Crippen molar-refractivity contribution in [2.45, 2.75) is 18.9 Å².